The summed E-state index contributed by atoms with van der Waals surface area (Å²) in [6, 6.07) is 0.478. The summed E-state index contributed by atoms with van der Waals surface area (Å²) in [4.78, 5) is 9.18. The Morgan fingerprint density at radius 1 is 1.24 bits per heavy atom. The van der Waals surface area contributed by atoms with Gasteiger partial charge in [0.05, 0.1) is 0 Å². The van der Waals surface area contributed by atoms with E-state index < -0.39 is 0 Å². The van der Waals surface area contributed by atoms with E-state index in [9.17, 15) is 0 Å². The fourth-order valence-electron chi connectivity index (χ4n) is 2.98. The summed E-state index contributed by atoms with van der Waals surface area (Å²) in [5.74, 6) is 1.71. The van der Waals surface area contributed by atoms with E-state index in [0.717, 1.165) is 17.2 Å². The van der Waals surface area contributed by atoms with Crippen molar-refractivity contribution in [3.63, 3.8) is 0 Å². The van der Waals surface area contributed by atoms with Gasteiger partial charge in [-0.15, -0.1) is 0 Å². The molecule has 0 aromatic carbocycles. The average molecular weight is 310 g/mol. The van der Waals surface area contributed by atoms with Crippen LogP contribution < -0.4 is 5.32 Å². The molecule has 2 rings (SSSR count). The largest absolute Gasteiger partial charge is 0.367 e. The fourth-order valence-corrected chi connectivity index (χ4v) is 3.15. The van der Waals surface area contributed by atoms with Crippen LogP contribution in [0.15, 0.2) is 0 Å². The molecule has 1 atom stereocenters. The lowest BCUT2D eigenvalue weighted by Gasteiger charge is -2.36. The van der Waals surface area contributed by atoms with E-state index in [-0.39, 0.29) is 5.41 Å². The maximum absolute atomic E-state index is 6.31. The Balaban J connectivity index is 2.25. The maximum atomic E-state index is 6.31. The maximum Gasteiger partial charge on any atom is 0.137 e. The molecule has 3 nitrogen and oxygen atoms in total. The van der Waals surface area contributed by atoms with Crippen molar-refractivity contribution in [3.05, 3.63) is 16.5 Å². The van der Waals surface area contributed by atoms with Crippen molar-refractivity contribution in [2.75, 3.05) is 5.32 Å². The standard InChI is InChI=1S/C17H28ClN3/c1-11-13(18)20-15(16(2,3)4)21-14(11)19-12-8-7-9-17(5,6)10-12/h12H,7-10H2,1-6H3,(H,19,20,21). The summed E-state index contributed by atoms with van der Waals surface area (Å²) < 4.78 is 0. The van der Waals surface area contributed by atoms with E-state index in [4.69, 9.17) is 16.6 Å². The van der Waals surface area contributed by atoms with E-state index in [2.05, 4.69) is 44.9 Å². The molecule has 118 valence electrons. The third kappa shape index (κ3) is 4.09. The SMILES string of the molecule is Cc1c(Cl)nc(C(C)(C)C)nc1NC1CCCC(C)(C)C1. The Labute approximate surface area is 133 Å². The molecule has 4 heteroatoms. The van der Waals surface area contributed by atoms with Crippen LogP contribution in [0.4, 0.5) is 5.82 Å². The van der Waals surface area contributed by atoms with Crippen LogP contribution in [-0.4, -0.2) is 16.0 Å². The molecule has 0 saturated heterocycles. The summed E-state index contributed by atoms with van der Waals surface area (Å²) in [5, 5.41) is 4.19. The first-order valence-corrected chi connectivity index (χ1v) is 8.27. The molecular weight excluding hydrogens is 282 g/mol. The van der Waals surface area contributed by atoms with Gasteiger partial charge < -0.3 is 5.32 Å². The van der Waals surface area contributed by atoms with Crippen molar-refractivity contribution in [3.8, 4) is 0 Å². The van der Waals surface area contributed by atoms with Crippen LogP contribution >= 0.6 is 11.6 Å². The second-order valence-corrected chi connectivity index (χ2v) is 8.52. The van der Waals surface area contributed by atoms with Crippen molar-refractivity contribution in [1.29, 1.82) is 0 Å². The second-order valence-electron chi connectivity index (χ2n) is 8.16. The first kappa shape index (κ1) is 16.5. The lowest BCUT2D eigenvalue weighted by molar-refractivity contribution is 0.229. The number of hydrogen-bond acceptors (Lipinski definition) is 3. The van der Waals surface area contributed by atoms with Gasteiger partial charge in [-0.3, -0.25) is 0 Å². The summed E-state index contributed by atoms with van der Waals surface area (Å²) in [6.07, 6.45) is 4.96. The molecule has 1 aromatic rings. The van der Waals surface area contributed by atoms with Crippen LogP contribution in [0.5, 0.6) is 0 Å². The summed E-state index contributed by atoms with van der Waals surface area (Å²) in [5.41, 5.74) is 1.26. The van der Waals surface area contributed by atoms with Crippen LogP contribution in [-0.2, 0) is 5.41 Å². The fraction of sp³-hybridized carbons (Fsp3) is 0.765. The number of nitrogens with zero attached hydrogens (tertiary/aromatic N) is 2. The third-order valence-corrected chi connectivity index (χ3v) is 4.67. The van der Waals surface area contributed by atoms with Crippen molar-refractivity contribution in [2.45, 2.75) is 78.7 Å². The van der Waals surface area contributed by atoms with Gasteiger partial charge in [0.25, 0.3) is 0 Å². The monoisotopic (exact) mass is 309 g/mol. The Morgan fingerprint density at radius 2 is 1.90 bits per heavy atom. The molecule has 1 unspecified atom stereocenters. The Morgan fingerprint density at radius 3 is 2.48 bits per heavy atom. The molecule has 1 N–H and O–H groups in total. The van der Waals surface area contributed by atoms with Crippen LogP contribution in [0.1, 0.15) is 71.7 Å². The number of aromatic nitrogens is 2. The van der Waals surface area contributed by atoms with Crippen LogP contribution in [0, 0.1) is 12.3 Å². The number of rotatable bonds is 2. The second kappa shape index (κ2) is 5.75. The Hall–Kier alpha value is -0.830. The zero-order valence-corrected chi connectivity index (χ0v) is 14.9. The molecule has 1 aliphatic rings. The molecule has 0 aliphatic heterocycles. The molecule has 21 heavy (non-hydrogen) atoms. The van der Waals surface area contributed by atoms with Gasteiger partial charge in [-0.05, 0) is 31.6 Å². The molecule has 0 amide bonds. The molecule has 1 heterocycles. The first-order chi connectivity index (χ1) is 9.58. The minimum atomic E-state index is -0.0976. The highest BCUT2D eigenvalue weighted by molar-refractivity contribution is 6.30. The van der Waals surface area contributed by atoms with Crippen molar-refractivity contribution in [1.82, 2.24) is 9.97 Å². The van der Waals surface area contributed by atoms with Crippen LogP contribution in [0.25, 0.3) is 0 Å². The van der Waals surface area contributed by atoms with Gasteiger partial charge >= 0.3 is 0 Å². The van der Waals surface area contributed by atoms with Crippen molar-refractivity contribution < 1.29 is 0 Å². The highest BCUT2D eigenvalue weighted by Crippen LogP contribution is 2.37. The summed E-state index contributed by atoms with van der Waals surface area (Å²) in [6.45, 7) is 13.0. The zero-order chi connectivity index (χ0) is 15.8. The number of anilines is 1. The van der Waals surface area contributed by atoms with E-state index in [1.165, 1.54) is 25.7 Å². The molecule has 1 aliphatic carbocycles. The Kier molecular flexibility index (Phi) is 4.53. The summed E-state index contributed by atoms with van der Waals surface area (Å²) >= 11 is 6.31. The molecular formula is C17H28ClN3. The highest BCUT2D eigenvalue weighted by Gasteiger charge is 2.29. The lowest BCUT2D eigenvalue weighted by Crippen LogP contribution is -2.32. The van der Waals surface area contributed by atoms with Gasteiger partial charge in [0, 0.05) is 17.0 Å². The molecule has 0 bridgehead atoms. The minimum Gasteiger partial charge on any atom is -0.367 e. The van der Waals surface area contributed by atoms with E-state index in [1.54, 1.807) is 0 Å². The first-order valence-electron chi connectivity index (χ1n) is 7.90. The lowest BCUT2D eigenvalue weighted by atomic mass is 9.75. The van der Waals surface area contributed by atoms with Gasteiger partial charge in [-0.1, -0.05) is 52.6 Å². The van der Waals surface area contributed by atoms with Crippen molar-refractivity contribution in [2.24, 2.45) is 5.41 Å². The minimum absolute atomic E-state index is 0.0976. The predicted molar refractivity (Wildman–Crippen MR) is 90.1 cm³/mol. The molecule has 1 fully saturated rings. The number of nitrogens with one attached hydrogen (secondary N) is 1. The van der Waals surface area contributed by atoms with Crippen LogP contribution in [0.2, 0.25) is 5.15 Å². The number of hydrogen-bond donors (Lipinski definition) is 1. The van der Waals surface area contributed by atoms with Gasteiger partial charge in [-0.2, -0.15) is 0 Å². The molecule has 0 spiro atoms. The predicted octanol–water partition coefficient (Wildman–Crippen LogP) is 5.12. The molecule has 0 radical (unpaired) electrons. The number of halogens is 1. The van der Waals surface area contributed by atoms with Crippen LogP contribution in [0.3, 0.4) is 0 Å². The smallest absolute Gasteiger partial charge is 0.137 e. The van der Waals surface area contributed by atoms with E-state index in [0.29, 0.717) is 16.6 Å². The van der Waals surface area contributed by atoms with Gasteiger partial charge in [-0.25, -0.2) is 9.97 Å². The molecule has 1 aromatic heterocycles. The van der Waals surface area contributed by atoms with E-state index >= 15 is 0 Å². The van der Waals surface area contributed by atoms with Gasteiger partial charge in [0.2, 0.25) is 0 Å². The topological polar surface area (TPSA) is 37.8 Å². The van der Waals surface area contributed by atoms with Gasteiger partial charge in [0.15, 0.2) is 0 Å². The highest BCUT2D eigenvalue weighted by atomic mass is 35.5. The average Bonchev–Trinajstić information content (AvgIpc) is 2.32. The van der Waals surface area contributed by atoms with Crippen molar-refractivity contribution >= 4 is 17.4 Å². The zero-order valence-electron chi connectivity index (χ0n) is 14.2. The Bertz CT molecular complexity index is 518. The normalized spacial score (nSPS) is 22.1. The van der Waals surface area contributed by atoms with Gasteiger partial charge in [0.1, 0.15) is 16.8 Å². The third-order valence-electron chi connectivity index (χ3n) is 4.30. The summed E-state index contributed by atoms with van der Waals surface area (Å²) in [7, 11) is 0. The quantitative estimate of drug-likeness (QED) is 0.771. The molecule has 1 saturated carbocycles. The van der Waals surface area contributed by atoms with E-state index in [1.807, 2.05) is 6.92 Å².